The van der Waals surface area contributed by atoms with Gasteiger partial charge >= 0.3 is 165 Å². The summed E-state index contributed by atoms with van der Waals surface area (Å²) in [4.78, 5) is 0. The molecule has 0 N–H and O–H groups in total. The third-order valence-electron chi connectivity index (χ3n) is 5.94. The normalized spacial score (nSPS) is 12.0. The van der Waals surface area contributed by atoms with E-state index in [1.54, 1.807) is 46.5 Å². The van der Waals surface area contributed by atoms with Gasteiger partial charge < -0.3 is 0 Å². The van der Waals surface area contributed by atoms with Crippen molar-refractivity contribution in [2.24, 2.45) is 0 Å². The molecule has 0 unspecified atom stereocenters. The third-order valence-corrected chi connectivity index (χ3v) is 16.6. The Balaban J connectivity index is 4.62. The monoisotopic (exact) mass is 415 g/mol. The van der Waals surface area contributed by atoms with Gasteiger partial charge in [0.25, 0.3) is 0 Å². The van der Waals surface area contributed by atoms with Crippen LogP contribution in [0.4, 0.5) is 0 Å². The van der Waals surface area contributed by atoms with E-state index in [9.17, 15) is 0 Å². The Hall–Kier alpha value is 0.558. The molecule has 0 saturated carbocycles. The van der Waals surface area contributed by atoms with Gasteiger partial charge in [-0.15, -0.1) is 0 Å². The summed E-state index contributed by atoms with van der Waals surface area (Å²) in [6.07, 6.45) is 23.8. The second-order valence-electron chi connectivity index (χ2n) is 8.48. The van der Waals surface area contributed by atoms with Gasteiger partial charge in [0.1, 0.15) is 0 Å². The molecule has 152 valence electrons. The fraction of sp³-hybridized carbons (Fsp3) is 1.00. The Morgan fingerprint density at radius 1 is 0.320 bits per heavy atom. The molecule has 0 aliphatic rings. The van der Waals surface area contributed by atoms with E-state index in [-0.39, 0.29) is 0 Å². The van der Waals surface area contributed by atoms with Gasteiger partial charge in [-0.2, -0.15) is 0 Å². The first-order valence-corrected chi connectivity index (χ1v) is 17.4. The number of rotatable bonds is 20. The molecule has 0 nitrogen and oxygen atoms in total. The first-order valence-electron chi connectivity index (χ1n) is 12.1. The van der Waals surface area contributed by atoms with E-state index in [0.29, 0.717) is 0 Å². The molecule has 25 heavy (non-hydrogen) atoms. The van der Waals surface area contributed by atoms with E-state index >= 15 is 0 Å². The van der Waals surface area contributed by atoms with Crippen LogP contribution in [0.3, 0.4) is 0 Å². The Labute approximate surface area is 164 Å². The maximum atomic E-state index is 2.35. The summed E-state index contributed by atoms with van der Waals surface area (Å²) in [5, 5.41) is 6.79. The molecule has 0 radical (unpaired) electrons. The molecule has 0 atom stereocenters. The van der Waals surface area contributed by atoms with Crippen molar-refractivity contribution in [1.29, 1.82) is 0 Å². The summed E-state index contributed by atoms with van der Waals surface area (Å²) in [6, 6.07) is 0. The fourth-order valence-corrected chi connectivity index (χ4v) is 14.5. The predicted molar refractivity (Wildman–Crippen MR) is 122 cm³/mol. The fourth-order valence-electron chi connectivity index (χ4n) is 4.17. The minimum atomic E-state index is -1.40. The molecule has 0 fully saturated rings. The van der Waals surface area contributed by atoms with E-state index in [1.807, 2.05) is 0 Å². The van der Waals surface area contributed by atoms with Crippen molar-refractivity contribution in [2.45, 2.75) is 151 Å². The van der Waals surface area contributed by atoms with Gasteiger partial charge in [0, 0.05) is 0 Å². The van der Waals surface area contributed by atoms with Crippen molar-refractivity contribution < 1.29 is 0 Å². The summed E-state index contributed by atoms with van der Waals surface area (Å²) in [5.74, 6) is 0. The van der Waals surface area contributed by atoms with E-state index in [1.165, 1.54) is 77.0 Å². The standard InChI is InChI=1S/C24H52As/c1-5-9-13-17-21-25(22-18-14-10-6-2,23-19-15-11-7-3)24-20-16-12-8-4/h5-24H2,1-4H3/q+1. The average Bonchev–Trinajstić information content (AvgIpc) is 2.63. The molecule has 0 saturated heterocycles. The van der Waals surface area contributed by atoms with Crippen LogP contribution in [0.25, 0.3) is 0 Å². The first kappa shape index (κ1) is 25.6. The van der Waals surface area contributed by atoms with Gasteiger partial charge in [-0.3, -0.25) is 0 Å². The molecule has 0 aliphatic carbocycles. The van der Waals surface area contributed by atoms with E-state index in [0.717, 1.165) is 0 Å². The van der Waals surface area contributed by atoms with Crippen molar-refractivity contribution >= 4 is 13.6 Å². The molecule has 0 bridgehead atoms. The van der Waals surface area contributed by atoms with Crippen molar-refractivity contribution in [1.82, 2.24) is 0 Å². The zero-order chi connectivity index (χ0) is 18.6. The topological polar surface area (TPSA) is 0 Å². The SMILES string of the molecule is CCCCCC[As+](CCCCCC)(CCCCCC)CCCCCC. The van der Waals surface area contributed by atoms with Gasteiger partial charge in [-0.25, -0.2) is 0 Å². The molecule has 0 aliphatic heterocycles. The van der Waals surface area contributed by atoms with Crippen LogP contribution >= 0.6 is 0 Å². The number of hydrogen-bond donors (Lipinski definition) is 0. The van der Waals surface area contributed by atoms with Crippen LogP contribution in [0.1, 0.15) is 130 Å². The molecule has 0 aromatic rings. The Morgan fingerprint density at radius 2 is 0.560 bits per heavy atom. The van der Waals surface area contributed by atoms with Crippen LogP contribution in [0.15, 0.2) is 0 Å². The molecule has 0 aromatic carbocycles. The number of unbranched alkanes of at least 4 members (excludes halogenated alkanes) is 12. The summed E-state index contributed by atoms with van der Waals surface area (Å²) < 4.78 is 0. The molecule has 0 rings (SSSR count). The van der Waals surface area contributed by atoms with Crippen LogP contribution in [-0.2, 0) is 0 Å². The second kappa shape index (κ2) is 19.3. The van der Waals surface area contributed by atoms with Crippen LogP contribution < -0.4 is 0 Å². The Morgan fingerprint density at radius 3 is 0.760 bits per heavy atom. The minimum absolute atomic E-state index is 1.39. The second-order valence-corrected chi connectivity index (χ2v) is 17.9. The van der Waals surface area contributed by atoms with Crippen LogP contribution in [0, 0.1) is 0 Å². The zero-order valence-electron chi connectivity index (χ0n) is 18.6. The molecular formula is C24H52As+. The maximum absolute atomic E-state index is 2.35. The van der Waals surface area contributed by atoms with Crippen molar-refractivity contribution in [3.63, 3.8) is 0 Å². The third kappa shape index (κ3) is 15.3. The Kier molecular flexibility index (Phi) is 19.8. The van der Waals surface area contributed by atoms with E-state index in [4.69, 9.17) is 0 Å². The van der Waals surface area contributed by atoms with E-state index in [2.05, 4.69) is 27.7 Å². The van der Waals surface area contributed by atoms with Gasteiger partial charge in [0.2, 0.25) is 0 Å². The van der Waals surface area contributed by atoms with Crippen molar-refractivity contribution in [3.05, 3.63) is 0 Å². The molecular weight excluding hydrogens is 363 g/mol. The summed E-state index contributed by atoms with van der Waals surface area (Å²) in [6.45, 7) is 9.42. The molecule has 0 aromatic heterocycles. The van der Waals surface area contributed by atoms with Gasteiger partial charge in [0.15, 0.2) is 0 Å². The summed E-state index contributed by atoms with van der Waals surface area (Å²) in [5.41, 5.74) is 0. The Bertz CT molecular complexity index is 195. The van der Waals surface area contributed by atoms with Crippen LogP contribution in [0.2, 0.25) is 20.8 Å². The average molecular weight is 416 g/mol. The van der Waals surface area contributed by atoms with Crippen molar-refractivity contribution in [2.75, 3.05) is 0 Å². The quantitative estimate of drug-likeness (QED) is 0.137. The molecule has 0 spiro atoms. The molecule has 0 amide bonds. The summed E-state index contributed by atoms with van der Waals surface area (Å²) >= 11 is -1.40. The first-order chi connectivity index (χ1) is 12.2. The van der Waals surface area contributed by atoms with Gasteiger partial charge in [-0.1, -0.05) is 0 Å². The van der Waals surface area contributed by atoms with Crippen molar-refractivity contribution in [3.8, 4) is 0 Å². The van der Waals surface area contributed by atoms with E-state index < -0.39 is 13.6 Å². The summed E-state index contributed by atoms with van der Waals surface area (Å²) in [7, 11) is 0. The van der Waals surface area contributed by atoms with Gasteiger partial charge in [0.05, 0.1) is 0 Å². The molecule has 0 heterocycles. The number of hydrogen-bond acceptors (Lipinski definition) is 0. The van der Waals surface area contributed by atoms with Gasteiger partial charge in [-0.05, 0) is 0 Å². The predicted octanol–water partition coefficient (Wildman–Crippen LogP) is 9.76. The zero-order valence-corrected chi connectivity index (χ0v) is 20.5. The van der Waals surface area contributed by atoms with Crippen LogP contribution in [-0.4, -0.2) is 13.6 Å². The molecule has 1 heteroatoms. The van der Waals surface area contributed by atoms with Crippen LogP contribution in [0.5, 0.6) is 0 Å².